The summed E-state index contributed by atoms with van der Waals surface area (Å²) in [4.78, 5) is 25.9. The number of amides is 2. The zero-order chi connectivity index (χ0) is 19.7. The van der Waals surface area contributed by atoms with E-state index in [0.717, 1.165) is 34.9 Å². The Balaban J connectivity index is 1.38. The van der Waals surface area contributed by atoms with Gasteiger partial charge in [-0.25, -0.2) is 0 Å². The molecule has 28 heavy (non-hydrogen) atoms. The fourth-order valence-corrected chi connectivity index (χ4v) is 3.74. The molecule has 2 amide bonds. The number of nitrogens with one attached hydrogen (secondary N) is 1. The summed E-state index contributed by atoms with van der Waals surface area (Å²) in [6.07, 6.45) is 5.40. The van der Waals surface area contributed by atoms with E-state index in [4.69, 9.17) is 4.42 Å². The third kappa shape index (κ3) is 3.65. The van der Waals surface area contributed by atoms with E-state index < -0.39 is 0 Å². The van der Waals surface area contributed by atoms with Gasteiger partial charge in [0.25, 0.3) is 5.91 Å². The van der Waals surface area contributed by atoms with Gasteiger partial charge in [0.2, 0.25) is 5.91 Å². The smallest absolute Gasteiger partial charge is 0.253 e. The van der Waals surface area contributed by atoms with Crippen molar-refractivity contribution in [2.45, 2.75) is 32.2 Å². The van der Waals surface area contributed by atoms with Crippen molar-refractivity contribution in [3.63, 3.8) is 0 Å². The maximum absolute atomic E-state index is 12.4. The molecule has 0 unspecified atom stereocenters. The highest BCUT2D eigenvalue weighted by Crippen LogP contribution is 2.30. The van der Waals surface area contributed by atoms with Gasteiger partial charge >= 0.3 is 0 Å². The number of fused-ring (bicyclic) bond motifs is 2. The summed E-state index contributed by atoms with van der Waals surface area (Å²) >= 11 is 0. The Bertz CT molecular complexity index is 1030. The minimum Gasteiger partial charge on any atom is -0.464 e. The van der Waals surface area contributed by atoms with Gasteiger partial charge in [-0.05, 0) is 60.2 Å². The normalized spacial score (nSPS) is 12.8. The molecule has 0 saturated heterocycles. The lowest BCUT2D eigenvalue weighted by molar-refractivity contribution is -0.120. The average molecular weight is 376 g/mol. The van der Waals surface area contributed by atoms with E-state index in [1.165, 1.54) is 17.5 Å². The monoisotopic (exact) mass is 376 g/mol. The molecule has 1 heterocycles. The van der Waals surface area contributed by atoms with Gasteiger partial charge in [0.15, 0.2) is 0 Å². The maximum atomic E-state index is 12.4. The van der Waals surface area contributed by atoms with Crippen LogP contribution in [-0.2, 0) is 30.6 Å². The van der Waals surface area contributed by atoms with Crippen LogP contribution in [0.15, 0.2) is 47.1 Å². The van der Waals surface area contributed by atoms with Crippen LogP contribution in [0, 0.1) is 0 Å². The second-order valence-corrected chi connectivity index (χ2v) is 7.58. The van der Waals surface area contributed by atoms with Crippen LogP contribution in [0.3, 0.4) is 0 Å². The number of furan rings is 1. The van der Waals surface area contributed by atoms with Gasteiger partial charge in [0.05, 0.1) is 12.7 Å². The second kappa shape index (κ2) is 7.50. The number of carbonyl (C=O) groups excluding carboxylic acids is 2. The molecule has 0 saturated carbocycles. The van der Waals surface area contributed by atoms with Gasteiger partial charge in [0, 0.05) is 37.2 Å². The number of hydrogen-bond donors (Lipinski definition) is 1. The zero-order valence-electron chi connectivity index (χ0n) is 16.2. The van der Waals surface area contributed by atoms with E-state index in [2.05, 4.69) is 17.4 Å². The summed E-state index contributed by atoms with van der Waals surface area (Å²) in [6, 6.07) is 11.6. The van der Waals surface area contributed by atoms with Crippen LogP contribution in [0.5, 0.6) is 0 Å². The van der Waals surface area contributed by atoms with Gasteiger partial charge in [-0.3, -0.25) is 9.59 Å². The molecule has 5 nitrogen and oxygen atoms in total. The van der Waals surface area contributed by atoms with Crippen molar-refractivity contribution in [3.05, 3.63) is 70.5 Å². The summed E-state index contributed by atoms with van der Waals surface area (Å²) in [6.45, 7) is 0.431. The van der Waals surface area contributed by atoms with Crippen molar-refractivity contribution in [1.29, 1.82) is 0 Å². The highest BCUT2D eigenvalue weighted by atomic mass is 16.3. The molecular formula is C23H24N2O3. The van der Waals surface area contributed by atoms with Gasteiger partial charge in [-0.15, -0.1) is 0 Å². The van der Waals surface area contributed by atoms with E-state index in [0.29, 0.717) is 18.5 Å². The molecule has 0 fully saturated rings. The van der Waals surface area contributed by atoms with Gasteiger partial charge in [-0.2, -0.15) is 0 Å². The number of nitrogens with zero attached hydrogens (tertiary/aromatic N) is 1. The summed E-state index contributed by atoms with van der Waals surface area (Å²) < 4.78 is 5.68. The lowest BCUT2D eigenvalue weighted by Gasteiger charge is -2.11. The maximum Gasteiger partial charge on any atom is 0.253 e. The van der Waals surface area contributed by atoms with Gasteiger partial charge in [0.1, 0.15) is 5.58 Å². The van der Waals surface area contributed by atoms with Crippen LogP contribution in [0.25, 0.3) is 11.0 Å². The minimum atomic E-state index is -0.0448. The summed E-state index contributed by atoms with van der Waals surface area (Å²) in [7, 11) is 3.45. The van der Waals surface area contributed by atoms with Crippen LogP contribution in [0.1, 0.15) is 39.0 Å². The molecule has 1 aliphatic rings. The van der Waals surface area contributed by atoms with Gasteiger partial charge < -0.3 is 14.6 Å². The summed E-state index contributed by atoms with van der Waals surface area (Å²) in [5.41, 5.74) is 6.13. The van der Waals surface area contributed by atoms with Gasteiger partial charge in [-0.1, -0.05) is 12.1 Å². The topological polar surface area (TPSA) is 62.6 Å². The first-order valence-electron chi connectivity index (χ1n) is 9.60. The Labute approximate surface area is 164 Å². The van der Waals surface area contributed by atoms with Crippen molar-refractivity contribution >= 4 is 22.8 Å². The molecule has 1 aliphatic carbocycles. The Kier molecular flexibility index (Phi) is 4.90. The van der Waals surface area contributed by atoms with Crippen molar-refractivity contribution in [2.24, 2.45) is 0 Å². The highest BCUT2D eigenvalue weighted by Gasteiger charge is 2.16. The predicted octanol–water partition coefficient (Wildman–Crippen LogP) is 3.48. The molecule has 2 aromatic carbocycles. The molecule has 0 bridgehead atoms. The molecule has 0 atom stereocenters. The van der Waals surface area contributed by atoms with Crippen LogP contribution < -0.4 is 5.32 Å². The third-order valence-electron chi connectivity index (χ3n) is 5.32. The van der Waals surface area contributed by atoms with Crippen LogP contribution in [0.4, 0.5) is 0 Å². The van der Waals surface area contributed by atoms with Crippen molar-refractivity contribution < 1.29 is 14.0 Å². The van der Waals surface area contributed by atoms with E-state index in [1.807, 2.05) is 12.1 Å². The highest BCUT2D eigenvalue weighted by molar-refractivity contribution is 5.94. The number of aryl methyl sites for hydroxylation is 2. The van der Waals surface area contributed by atoms with Crippen molar-refractivity contribution in [3.8, 4) is 0 Å². The molecule has 0 radical (unpaired) electrons. The SMILES string of the molecule is CN(C)C(=O)c1ccc(CNC(=O)Cc2coc3cc4c(cc23)CCC4)cc1. The molecule has 1 aromatic heterocycles. The Morgan fingerprint density at radius 3 is 2.50 bits per heavy atom. The first-order valence-corrected chi connectivity index (χ1v) is 9.60. The molecule has 0 spiro atoms. The fourth-order valence-electron chi connectivity index (χ4n) is 3.74. The second-order valence-electron chi connectivity index (χ2n) is 7.58. The largest absolute Gasteiger partial charge is 0.464 e. The first-order chi connectivity index (χ1) is 13.5. The average Bonchev–Trinajstić information content (AvgIpc) is 3.31. The molecule has 1 N–H and O–H groups in total. The Morgan fingerprint density at radius 2 is 1.79 bits per heavy atom. The fraction of sp³-hybridized carbons (Fsp3) is 0.304. The lowest BCUT2D eigenvalue weighted by Crippen LogP contribution is -2.24. The predicted molar refractivity (Wildman–Crippen MR) is 108 cm³/mol. The van der Waals surface area contributed by atoms with E-state index in [-0.39, 0.29) is 11.8 Å². The quantitative estimate of drug-likeness (QED) is 0.742. The van der Waals surface area contributed by atoms with Crippen molar-refractivity contribution in [1.82, 2.24) is 10.2 Å². The van der Waals surface area contributed by atoms with E-state index >= 15 is 0 Å². The molecule has 4 rings (SSSR count). The third-order valence-corrected chi connectivity index (χ3v) is 5.32. The van der Waals surface area contributed by atoms with Crippen LogP contribution >= 0.6 is 0 Å². The van der Waals surface area contributed by atoms with E-state index in [9.17, 15) is 9.59 Å². The zero-order valence-corrected chi connectivity index (χ0v) is 16.2. The number of benzene rings is 2. The van der Waals surface area contributed by atoms with E-state index in [1.54, 1.807) is 37.4 Å². The Hall–Kier alpha value is -3.08. The summed E-state index contributed by atoms with van der Waals surface area (Å²) in [5, 5.41) is 3.99. The molecule has 5 heteroatoms. The molecular weight excluding hydrogens is 352 g/mol. The Morgan fingerprint density at radius 1 is 1.07 bits per heavy atom. The standard InChI is InChI=1S/C23H24N2O3/c1-25(2)23(27)16-8-6-15(7-9-16)13-24-22(26)12-19-14-28-21-11-18-5-3-4-17(18)10-20(19)21/h6-11,14H,3-5,12-13H2,1-2H3,(H,24,26). The molecule has 144 valence electrons. The van der Waals surface area contributed by atoms with Crippen LogP contribution in [-0.4, -0.2) is 30.8 Å². The van der Waals surface area contributed by atoms with Crippen LogP contribution in [0.2, 0.25) is 0 Å². The minimum absolute atomic E-state index is 0.0334. The number of hydrogen-bond acceptors (Lipinski definition) is 3. The number of rotatable bonds is 5. The molecule has 3 aromatic rings. The number of carbonyl (C=O) groups is 2. The first kappa shape index (κ1) is 18.3. The summed E-state index contributed by atoms with van der Waals surface area (Å²) in [5.74, 6) is -0.0782. The molecule has 0 aliphatic heterocycles. The van der Waals surface area contributed by atoms with Crippen molar-refractivity contribution in [2.75, 3.05) is 14.1 Å². The lowest BCUT2D eigenvalue weighted by atomic mass is 10.0.